The number of hydrogen-bond donors (Lipinski definition) is 2. The van der Waals surface area contributed by atoms with E-state index in [1.165, 1.54) is 6.92 Å². The monoisotopic (exact) mass is 281 g/mol. The van der Waals surface area contributed by atoms with Crippen LogP contribution in [0, 0.1) is 0 Å². The molecule has 2 rings (SSSR count). The molecule has 0 bridgehead atoms. The Kier molecular flexibility index (Phi) is 3.95. The van der Waals surface area contributed by atoms with Gasteiger partial charge in [-0.15, -0.1) is 0 Å². The number of hydrogen-bond acceptors (Lipinski definition) is 3. The van der Waals surface area contributed by atoms with Gasteiger partial charge in [-0.3, -0.25) is 9.59 Å². The summed E-state index contributed by atoms with van der Waals surface area (Å²) < 4.78 is 0. The number of benzene rings is 1. The van der Waals surface area contributed by atoms with Crippen molar-refractivity contribution in [3.8, 4) is 0 Å². The van der Waals surface area contributed by atoms with Gasteiger partial charge in [-0.05, 0) is 24.6 Å². The van der Waals surface area contributed by atoms with E-state index in [1.54, 1.807) is 23.1 Å². The molecule has 2 amide bonds. The molecule has 0 aliphatic carbocycles. The van der Waals surface area contributed by atoms with Crippen molar-refractivity contribution in [1.82, 2.24) is 10.2 Å². The Bertz CT molecular complexity index is 519. The molecule has 0 aromatic heterocycles. The maximum atomic E-state index is 12.3. The first-order valence-corrected chi connectivity index (χ1v) is 6.46. The van der Waals surface area contributed by atoms with Crippen LogP contribution in [0.15, 0.2) is 18.2 Å². The Hall–Kier alpha value is -1.75. The van der Waals surface area contributed by atoms with Gasteiger partial charge in [-0.2, -0.15) is 0 Å². The van der Waals surface area contributed by atoms with Gasteiger partial charge in [0.2, 0.25) is 5.91 Å². The van der Waals surface area contributed by atoms with Crippen LogP contribution in [0.2, 0.25) is 5.02 Å². The number of halogens is 1. The Morgan fingerprint density at radius 2 is 2.21 bits per heavy atom. The van der Waals surface area contributed by atoms with Gasteiger partial charge in [0.15, 0.2) is 0 Å². The average Bonchev–Trinajstić information content (AvgIpc) is 2.79. The van der Waals surface area contributed by atoms with Crippen LogP contribution < -0.4 is 11.1 Å². The van der Waals surface area contributed by atoms with Gasteiger partial charge in [0.05, 0.1) is 5.56 Å². The molecule has 1 unspecified atom stereocenters. The van der Waals surface area contributed by atoms with E-state index in [-0.39, 0.29) is 17.9 Å². The number of amides is 2. The Morgan fingerprint density at radius 3 is 2.89 bits per heavy atom. The number of carbonyl (C=O) groups is 2. The summed E-state index contributed by atoms with van der Waals surface area (Å²) in [7, 11) is 0. The summed E-state index contributed by atoms with van der Waals surface area (Å²) in [4.78, 5) is 25.0. The summed E-state index contributed by atoms with van der Waals surface area (Å²) in [5.41, 5.74) is 6.62. The number of carbonyl (C=O) groups excluding carboxylic acids is 2. The summed E-state index contributed by atoms with van der Waals surface area (Å²) in [5, 5.41) is 3.30. The maximum Gasteiger partial charge on any atom is 0.256 e. The first kappa shape index (κ1) is 13.7. The minimum absolute atomic E-state index is 0.0156. The van der Waals surface area contributed by atoms with E-state index < -0.39 is 0 Å². The van der Waals surface area contributed by atoms with E-state index >= 15 is 0 Å². The van der Waals surface area contributed by atoms with E-state index in [0.29, 0.717) is 29.4 Å². The zero-order chi connectivity index (χ0) is 14.0. The van der Waals surface area contributed by atoms with Gasteiger partial charge < -0.3 is 16.0 Å². The molecule has 19 heavy (non-hydrogen) atoms. The number of likely N-dealkylation sites (tertiary alicyclic amines) is 1. The predicted octanol–water partition coefficient (Wildman–Crippen LogP) is 1.27. The second kappa shape index (κ2) is 5.48. The molecule has 0 saturated carbocycles. The normalized spacial score (nSPS) is 18.4. The lowest BCUT2D eigenvalue weighted by molar-refractivity contribution is -0.119. The van der Waals surface area contributed by atoms with Gasteiger partial charge in [0.25, 0.3) is 5.91 Å². The summed E-state index contributed by atoms with van der Waals surface area (Å²) >= 11 is 5.88. The van der Waals surface area contributed by atoms with E-state index in [1.807, 2.05) is 0 Å². The molecule has 1 heterocycles. The fourth-order valence-corrected chi connectivity index (χ4v) is 2.41. The second-order valence-electron chi connectivity index (χ2n) is 4.67. The average molecular weight is 282 g/mol. The molecular formula is C13H16ClN3O2. The molecule has 3 N–H and O–H groups in total. The van der Waals surface area contributed by atoms with Crippen LogP contribution in [0.4, 0.5) is 5.69 Å². The van der Waals surface area contributed by atoms with Gasteiger partial charge in [-0.1, -0.05) is 11.6 Å². The SMILES string of the molecule is CC(=O)NC1CCN(C(=O)c2cc(Cl)ccc2N)C1. The van der Waals surface area contributed by atoms with Crippen molar-refractivity contribution in [2.45, 2.75) is 19.4 Å². The van der Waals surface area contributed by atoms with Crippen molar-refractivity contribution in [2.24, 2.45) is 0 Å². The van der Waals surface area contributed by atoms with Crippen molar-refractivity contribution < 1.29 is 9.59 Å². The molecule has 1 fully saturated rings. The van der Waals surface area contributed by atoms with E-state index in [2.05, 4.69) is 5.32 Å². The zero-order valence-electron chi connectivity index (χ0n) is 10.6. The number of nitrogens with zero attached hydrogens (tertiary/aromatic N) is 1. The van der Waals surface area contributed by atoms with Crippen LogP contribution in [0.5, 0.6) is 0 Å². The number of nitrogens with one attached hydrogen (secondary N) is 1. The summed E-state index contributed by atoms with van der Waals surface area (Å²) in [6, 6.07) is 4.86. The fourth-order valence-electron chi connectivity index (χ4n) is 2.23. The Balaban J connectivity index is 2.09. The minimum atomic E-state index is -0.146. The molecule has 1 aromatic carbocycles. The van der Waals surface area contributed by atoms with E-state index in [0.717, 1.165) is 6.42 Å². The van der Waals surface area contributed by atoms with Gasteiger partial charge >= 0.3 is 0 Å². The van der Waals surface area contributed by atoms with Crippen molar-refractivity contribution in [3.63, 3.8) is 0 Å². The molecule has 1 aromatic rings. The van der Waals surface area contributed by atoms with E-state index in [9.17, 15) is 9.59 Å². The Morgan fingerprint density at radius 1 is 1.47 bits per heavy atom. The number of nitrogen functional groups attached to an aromatic ring is 1. The van der Waals surface area contributed by atoms with Crippen molar-refractivity contribution in [2.75, 3.05) is 18.8 Å². The topological polar surface area (TPSA) is 75.4 Å². The highest BCUT2D eigenvalue weighted by Gasteiger charge is 2.28. The summed E-state index contributed by atoms with van der Waals surface area (Å²) in [6.07, 6.45) is 0.756. The number of rotatable bonds is 2. The molecule has 1 aliphatic heterocycles. The zero-order valence-corrected chi connectivity index (χ0v) is 11.4. The molecular weight excluding hydrogens is 266 g/mol. The highest BCUT2D eigenvalue weighted by atomic mass is 35.5. The highest BCUT2D eigenvalue weighted by Crippen LogP contribution is 2.21. The third-order valence-corrected chi connectivity index (χ3v) is 3.36. The maximum absolute atomic E-state index is 12.3. The van der Waals surface area contributed by atoms with Crippen molar-refractivity contribution in [3.05, 3.63) is 28.8 Å². The van der Waals surface area contributed by atoms with Gasteiger partial charge in [-0.25, -0.2) is 0 Å². The number of nitrogens with two attached hydrogens (primary N) is 1. The molecule has 0 radical (unpaired) electrons. The second-order valence-corrected chi connectivity index (χ2v) is 5.11. The van der Waals surface area contributed by atoms with Crippen molar-refractivity contribution >= 4 is 29.1 Å². The van der Waals surface area contributed by atoms with Crippen LogP contribution in [-0.4, -0.2) is 35.8 Å². The lowest BCUT2D eigenvalue weighted by Gasteiger charge is -2.18. The largest absolute Gasteiger partial charge is 0.398 e. The summed E-state index contributed by atoms with van der Waals surface area (Å²) in [6.45, 7) is 2.58. The van der Waals surface area contributed by atoms with Gasteiger partial charge in [0, 0.05) is 36.8 Å². The molecule has 6 heteroatoms. The minimum Gasteiger partial charge on any atom is -0.398 e. The smallest absolute Gasteiger partial charge is 0.256 e. The molecule has 0 spiro atoms. The van der Waals surface area contributed by atoms with Crippen molar-refractivity contribution in [1.29, 1.82) is 0 Å². The van der Waals surface area contributed by atoms with Gasteiger partial charge in [0.1, 0.15) is 0 Å². The summed E-state index contributed by atoms with van der Waals surface area (Å²) in [5.74, 6) is -0.227. The third-order valence-electron chi connectivity index (χ3n) is 3.13. The third kappa shape index (κ3) is 3.17. The number of anilines is 1. The lowest BCUT2D eigenvalue weighted by atomic mass is 10.1. The quantitative estimate of drug-likeness (QED) is 0.802. The van der Waals surface area contributed by atoms with Crippen LogP contribution in [-0.2, 0) is 4.79 Å². The standard InChI is InChI=1S/C13H16ClN3O2/c1-8(18)16-10-4-5-17(7-10)13(19)11-6-9(14)2-3-12(11)15/h2-3,6,10H,4-5,7,15H2,1H3,(H,16,18). The first-order valence-electron chi connectivity index (χ1n) is 6.09. The first-order chi connectivity index (χ1) is 8.97. The fraction of sp³-hybridized carbons (Fsp3) is 0.385. The van der Waals surface area contributed by atoms with Crippen LogP contribution in [0.25, 0.3) is 0 Å². The van der Waals surface area contributed by atoms with E-state index in [4.69, 9.17) is 17.3 Å². The van der Waals surface area contributed by atoms with Crippen LogP contribution >= 0.6 is 11.6 Å². The van der Waals surface area contributed by atoms with Crippen LogP contribution in [0.3, 0.4) is 0 Å². The highest BCUT2D eigenvalue weighted by molar-refractivity contribution is 6.31. The predicted molar refractivity (Wildman–Crippen MR) is 74.0 cm³/mol. The molecule has 1 saturated heterocycles. The van der Waals surface area contributed by atoms with Crippen LogP contribution in [0.1, 0.15) is 23.7 Å². The molecule has 5 nitrogen and oxygen atoms in total. The Labute approximate surface area is 116 Å². The molecule has 1 atom stereocenters. The molecule has 1 aliphatic rings. The molecule has 102 valence electrons. The lowest BCUT2D eigenvalue weighted by Crippen LogP contribution is -2.37.